The molecule has 0 spiro atoms. The zero-order valence-electron chi connectivity index (χ0n) is 11.0. The van der Waals surface area contributed by atoms with Crippen LogP contribution in [-0.2, 0) is 6.42 Å². The summed E-state index contributed by atoms with van der Waals surface area (Å²) < 4.78 is 14.1. The second-order valence-corrected chi connectivity index (χ2v) is 4.75. The summed E-state index contributed by atoms with van der Waals surface area (Å²) in [6, 6.07) is 6.49. The molecule has 1 atom stereocenters. The molecule has 2 aromatic rings. The van der Waals surface area contributed by atoms with Crippen molar-refractivity contribution in [3.63, 3.8) is 0 Å². The molecule has 0 aliphatic carbocycles. The average Bonchev–Trinajstić information content (AvgIpc) is 2.42. The number of hydrogen-bond donors (Lipinski definition) is 1. The summed E-state index contributed by atoms with van der Waals surface area (Å²) in [4.78, 5) is 4.12. The topological polar surface area (TPSA) is 24.9 Å². The highest BCUT2D eigenvalue weighted by atomic mass is 35.5. The third kappa shape index (κ3) is 2.94. The van der Waals surface area contributed by atoms with E-state index in [1.165, 1.54) is 6.07 Å². The third-order valence-corrected chi connectivity index (χ3v) is 3.43. The number of rotatable bonds is 4. The molecule has 100 valence electrons. The second-order valence-electron chi connectivity index (χ2n) is 4.32. The van der Waals surface area contributed by atoms with Gasteiger partial charge in [-0.1, -0.05) is 24.6 Å². The lowest BCUT2D eigenvalue weighted by atomic mass is 9.94. The predicted molar refractivity (Wildman–Crippen MR) is 75.9 cm³/mol. The Kier molecular flexibility index (Phi) is 4.51. The summed E-state index contributed by atoms with van der Waals surface area (Å²) in [7, 11) is 1.82. The molecular formula is C15H16ClFN2. The van der Waals surface area contributed by atoms with E-state index in [-0.39, 0.29) is 11.9 Å². The number of halogens is 2. The number of aryl methyl sites for hydroxylation is 1. The Balaban J connectivity index is 2.50. The Labute approximate surface area is 117 Å². The van der Waals surface area contributed by atoms with Gasteiger partial charge in [0.2, 0.25) is 0 Å². The van der Waals surface area contributed by atoms with Crippen LogP contribution < -0.4 is 5.32 Å². The van der Waals surface area contributed by atoms with Crippen molar-refractivity contribution in [1.82, 2.24) is 10.3 Å². The minimum atomic E-state index is -0.300. The van der Waals surface area contributed by atoms with Gasteiger partial charge in [0.25, 0.3) is 0 Å². The van der Waals surface area contributed by atoms with Crippen molar-refractivity contribution in [3.8, 4) is 0 Å². The van der Waals surface area contributed by atoms with Crippen LogP contribution in [0, 0.1) is 5.82 Å². The maximum Gasteiger partial charge on any atom is 0.129 e. The maximum atomic E-state index is 14.1. The van der Waals surface area contributed by atoms with Crippen LogP contribution in [0.1, 0.15) is 29.7 Å². The number of nitrogens with one attached hydrogen (secondary N) is 1. The smallest absolute Gasteiger partial charge is 0.129 e. The Bertz CT molecular complexity index is 572. The van der Waals surface area contributed by atoms with Crippen LogP contribution >= 0.6 is 11.6 Å². The summed E-state index contributed by atoms with van der Waals surface area (Å²) in [6.07, 6.45) is 4.41. The summed E-state index contributed by atoms with van der Waals surface area (Å²) in [5, 5.41) is 3.56. The van der Waals surface area contributed by atoms with E-state index in [0.717, 1.165) is 17.5 Å². The molecule has 0 amide bonds. The van der Waals surface area contributed by atoms with Gasteiger partial charge in [-0.05, 0) is 42.8 Å². The molecule has 1 aromatic carbocycles. The highest BCUT2D eigenvalue weighted by Crippen LogP contribution is 2.28. The lowest BCUT2D eigenvalue weighted by Crippen LogP contribution is -2.20. The fourth-order valence-corrected chi connectivity index (χ4v) is 2.39. The molecular weight excluding hydrogens is 263 g/mol. The van der Waals surface area contributed by atoms with Crippen LogP contribution in [0.2, 0.25) is 5.02 Å². The largest absolute Gasteiger partial charge is 0.309 e. The molecule has 19 heavy (non-hydrogen) atoms. The standard InChI is InChI=1S/C15H16ClFN2/c1-3-10-9-19-7-6-12(10)15(18-2)13-5-4-11(16)8-14(13)17/h4-9,15,18H,3H2,1-2H3. The normalized spacial score (nSPS) is 12.4. The van der Waals surface area contributed by atoms with Gasteiger partial charge in [-0.3, -0.25) is 4.98 Å². The van der Waals surface area contributed by atoms with Gasteiger partial charge in [0.05, 0.1) is 6.04 Å². The fraction of sp³-hybridized carbons (Fsp3) is 0.267. The van der Waals surface area contributed by atoms with Gasteiger partial charge in [0, 0.05) is 23.0 Å². The molecule has 1 aromatic heterocycles. The van der Waals surface area contributed by atoms with Gasteiger partial charge in [0.1, 0.15) is 5.82 Å². The zero-order chi connectivity index (χ0) is 13.8. The number of pyridine rings is 1. The van der Waals surface area contributed by atoms with Crippen molar-refractivity contribution < 1.29 is 4.39 Å². The fourth-order valence-electron chi connectivity index (χ4n) is 2.23. The van der Waals surface area contributed by atoms with Crippen molar-refractivity contribution in [2.45, 2.75) is 19.4 Å². The minimum Gasteiger partial charge on any atom is -0.309 e. The lowest BCUT2D eigenvalue weighted by Gasteiger charge is -2.20. The van der Waals surface area contributed by atoms with Gasteiger partial charge in [-0.2, -0.15) is 0 Å². The van der Waals surface area contributed by atoms with E-state index in [9.17, 15) is 4.39 Å². The van der Waals surface area contributed by atoms with E-state index in [1.54, 1.807) is 18.3 Å². The van der Waals surface area contributed by atoms with Gasteiger partial charge >= 0.3 is 0 Å². The number of hydrogen-bond acceptors (Lipinski definition) is 2. The minimum absolute atomic E-state index is 0.199. The Morgan fingerprint density at radius 3 is 2.74 bits per heavy atom. The van der Waals surface area contributed by atoms with Crippen molar-refractivity contribution in [2.75, 3.05) is 7.05 Å². The molecule has 2 rings (SSSR count). The summed E-state index contributed by atoms with van der Waals surface area (Å²) in [6.45, 7) is 2.06. The van der Waals surface area contributed by atoms with Gasteiger partial charge in [-0.15, -0.1) is 0 Å². The van der Waals surface area contributed by atoms with Crippen LogP contribution in [-0.4, -0.2) is 12.0 Å². The second kappa shape index (κ2) is 6.13. The third-order valence-electron chi connectivity index (χ3n) is 3.20. The van der Waals surface area contributed by atoms with Crippen LogP contribution in [0.3, 0.4) is 0 Å². The first-order valence-corrected chi connectivity index (χ1v) is 6.60. The van der Waals surface area contributed by atoms with Gasteiger partial charge in [-0.25, -0.2) is 4.39 Å². The van der Waals surface area contributed by atoms with Crippen molar-refractivity contribution >= 4 is 11.6 Å². The highest BCUT2D eigenvalue weighted by Gasteiger charge is 2.18. The quantitative estimate of drug-likeness (QED) is 0.921. The van der Waals surface area contributed by atoms with E-state index in [1.807, 2.05) is 19.3 Å². The number of aromatic nitrogens is 1. The molecule has 1 heterocycles. The van der Waals surface area contributed by atoms with Gasteiger partial charge < -0.3 is 5.32 Å². The zero-order valence-corrected chi connectivity index (χ0v) is 11.7. The van der Waals surface area contributed by atoms with Crippen LogP contribution in [0.4, 0.5) is 4.39 Å². The van der Waals surface area contributed by atoms with Crippen LogP contribution in [0.15, 0.2) is 36.7 Å². The van der Waals surface area contributed by atoms with E-state index in [4.69, 9.17) is 11.6 Å². The SMILES string of the molecule is CCc1cnccc1C(NC)c1ccc(Cl)cc1F. The molecule has 0 fully saturated rings. The summed E-state index contributed by atoms with van der Waals surface area (Å²) in [5.74, 6) is -0.300. The van der Waals surface area contributed by atoms with Crippen molar-refractivity contribution in [2.24, 2.45) is 0 Å². The van der Waals surface area contributed by atoms with E-state index < -0.39 is 0 Å². The Morgan fingerprint density at radius 1 is 1.32 bits per heavy atom. The predicted octanol–water partition coefficient (Wildman–Crippen LogP) is 3.75. The summed E-state index contributed by atoms with van der Waals surface area (Å²) >= 11 is 5.80. The molecule has 0 aliphatic rings. The molecule has 0 saturated carbocycles. The molecule has 0 saturated heterocycles. The first kappa shape index (κ1) is 14.0. The molecule has 1 N–H and O–H groups in total. The van der Waals surface area contributed by atoms with E-state index in [2.05, 4.69) is 17.2 Å². The highest BCUT2D eigenvalue weighted by molar-refractivity contribution is 6.30. The molecule has 1 unspecified atom stereocenters. The van der Waals surface area contributed by atoms with Crippen LogP contribution in [0.25, 0.3) is 0 Å². The average molecular weight is 279 g/mol. The van der Waals surface area contributed by atoms with Crippen molar-refractivity contribution in [3.05, 3.63) is 64.2 Å². The van der Waals surface area contributed by atoms with Crippen molar-refractivity contribution in [1.29, 1.82) is 0 Å². The maximum absolute atomic E-state index is 14.1. The Hall–Kier alpha value is -1.45. The van der Waals surface area contributed by atoms with Gasteiger partial charge in [0.15, 0.2) is 0 Å². The molecule has 0 bridgehead atoms. The molecule has 2 nitrogen and oxygen atoms in total. The number of benzene rings is 1. The van der Waals surface area contributed by atoms with E-state index >= 15 is 0 Å². The number of nitrogens with zero attached hydrogens (tertiary/aromatic N) is 1. The summed E-state index contributed by atoms with van der Waals surface area (Å²) in [5.41, 5.74) is 2.74. The first-order chi connectivity index (χ1) is 9.17. The molecule has 0 aliphatic heterocycles. The van der Waals surface area contributed by atoms with E-state index in [0.29, 0.717) is 10.6 Å². The molecule has 0 radical (unpaired) electrons. The monoisotopic (exact) mass is 278 g/mol. The molecule has 4 heteroatoms. The lowest BCUT2D eigenvalue weighted by molar-refractivity contribution is 0.574. The van der Waals surface area contributed by atoms with Crippen LogP contribution in [0.5, 0.6) is 0 Å². The Morgan fingerprint density at radius 2 is 2.11 bits per heavy atom. The first-order valence-electron chi connectivity index (χ1n) is 6.22.